The number of aliphatic hydroxyl groups excluding tert-OH is 1. The van der Waals surface area contributed by atoms with E-state index in [0.717, 1.165) is 11.1 Å². The Morgan fingerprint density at radius 1 is 0.953 bits per heavy atom. The number of carbonyl (C=O) groups is 3. The number of likely N-dealkylation sites (tertiary alicyclic amines) is 1. The van der Waals surface area contributed by atoms with Gasteiger partial charge in [-0.05, 0) is 37.0 Å². The molecule has 6 rings (SSSR count). The number of rotatable bonds is 7. The lowest BCUT2D eigenvalue weighted by Crippen LogP contribution is -2.59. The zero-order chi connectivity index (χ0) is 30.5. The van der Waals surface area contributed by atoms with Gasteiger partial charge in [-0.1, -0.05) is 92.2 Å². The van der Waals surface area contributed by atoms with Crippen LogP contribution in [0.5, 0.6) is 0 Å². The Kier molecular flexibility index (Phi) is 7.73. The van der Waals surface area contributed by atoms with Crippen molar-refractivity contribution in [2.24, 2.45) is 11.8 Å². The number of nitrogens with zero attached hydrogens (tertiary/aromatic N) is 3. The molecule has 0 bridgehead atoms. The molecule has 4 heterocycles. The van der Waals surface area contributed by atoms with Crippen LogP contribution in [0.25, 0.3) is 0 Å². The molecule has 4 aliphatic heterocycles. The predicted molar refractivity (Wildman–Crippen MR) is 164 cm³/mol. The number of aryl methyl sites for hydroxylation is 1. The Morgan fingerprint density at radius 3 is 2.37 bits per heavy atom. The van der Waals surface area contributed by atoms with Crippen molar-refractivity contribution in [3.63, 3.8) is 0 Å². The standard InChI is InChI=1S/C34H38ClN3O5/c1-4-24(21-39)38-29-32(42)37(28-22(3)12-9-15-25(28)35)19-11-17-34(29)27(31(38)41)26-30(40)36(20-23-13-7-6-8-14-23)18-10-16-33(26,5-2)43-34/h6-17,24,26-27,29,39H,4-5,18-21H2,1-3H3/t24-,26+,27-,29?,33-,34-/m0/s1. The summed E-state index contributed by atoms with van der Waals surface area (Å²) >= 11 is 6.65. The molecule has 8 nitrogen and oxygen atoms in total. The quantitative estimate of drug-likeness (QED) is 0.477. The minimum absolute atomic E-state index is 0.174. The van der Waals surface area contributed by atoms with Gasteiger partial charge in [-0.15, -0.1) is 0 Å². The van der Waals surface area contributed by atoms with Crippen LogP contribution in [0.1, 0.15) is 37.8 Å². The molecule has 6 atom stereocenters. The molecule has 0 saturated carbocycles. The fraction of sp³-hybridized carbons (Fsp3) is 0.441. The molecular formula is C34H38ClN3O5. The fourth-order valence-electron chi connectivity index (χ4n) is 7.67. The van der Waals surface area contributed by atoms with Crippen molar-refractivity contribution in [2.75, 3.05) is 24.6 Å². The molecule has 1 N–H and O–H groups in total. The van der Waals surface area contributed by atoms with Crippen LogP contribution in [0.4, 0.5) is 5.69 Å². The van der Waals surface area contributed by atoms with E-state index >= 15 is 0 Å². The van der Waals surface area contributed by atoms with E-state index < -0.39 is 35.1 Å². The highest BCUT2D eigenvalue weighted by molar-refractivity contribution is 6.34. The van der Waals surface area contributed by atoms with Gasteiger partial charge in [0.05, 0.1) is 40.8 Å². The summed E-state index contributed by atoms with van der Waals surface area (Å²) in [5, 5.41) is 10.9. The first kappa shape index (κ1) is 29.6. The summed E-state index contributed by atoms with van der Waals surface area (Å²) in [6.07, 6.45) is 8.46. The molecule has 43 heavy (non-hydrogen) atoms. The zero-order valence-corrected chi connectivity index (χ0v) is 25.5. The molecule has 1 unspecified atom stereocenters. The SMILES string of the molecule is CC[C@@H](CO)N1C(=O)[C@@H]2[C@@H]3C(=O)N(Cc4ccccc4)CC=C[C@]3(CC)O[C@@]23C=CCN(c2c(C)cccc2Cl)C(=O)C13. The first-order chi connectivity index (χ1) is 20.7. The van der Waals surface area contributed by atoms with E-state index in [9.17, 15) is 19.5 Å². The van der Waals surface area contributed by atoms with E-state index in [1.807, 2.05) is 87.5 Å². The number of ether oxygens (including phenoxy) is 1. The maximum Gasteiger partial charge on any atom is 0.253 e. The van der Waals surface area contributed by atoms with Crippen LogP contribution in [0.15, 0.2) is 72.8 Å². The second kappa shape index (κ2) is 11.2. The van der Waals surface area contributed by atoms with Gasteiger partial charge in [0, 0.05) is 19.6 Å². The summed E-state index contributed by atoms with van der Waals surface area (Å²) in [4.78, 5) is 48.9. The third kappa shape index (κ3) is 4.45. The Hall–Kier alpha value is -3.46. The maximum atomic E-state index is 14.8. The van der Waals surface area contributed by atoms with Crippen LogP contribution in [0, 0.1) is 18.8 Å². The van der Waals surface area contributed by atoms with E-state index in [4.69, 9.17) is 16.3 Å². The van der Waals surface area contributed by atoms with Gasteiger partial charge in [0.1, 0.15) is 11.6 Å². The fourth-order valence-corrected chi connectivity index (χ4v) is 7.99. The van der Waals surface area contributed by atoms with Crippen molar-refractivity contribution < 1.29 is 24.2 Å². The average Bonchev–Trinajstić information content (AvgIpc) is 3.30. The summed E-state index contributed by atoms with van der Waals surface area (Å²) in [6.45, 7) is 6.41. The second-order valence-electron chi connectivity index (χ2n) is 12.0. The van der Waals surface area contributed by atoms with Crippen molar-refractivity contribution in [2.45, 2.75) is 63.4 Å². The third-order valence-electron chi connectivity index (χ3n) is 9.71. The Labute approximate surface area is 257 Å². The number of amides is 3. The topological polar surface area (TPSA) is 90.4 Å². The molecule has 2 saturated heterocycles. The van der Waals surface area contributed by atoms with Gasteiger partial charge < -0.3 is 24.5 Å². The molecule has 0 radical (unpaired) electrons. The number of halogens is 1. The monoisotopic (exact) mass is 603 g/mol. The lowest BCUT2D eigenvalue weighted by atomic mass is 9.73. The van der Waals surface area contributed by atoms with Crippen LogP contribution >= 0.6 is 11.6 Å². The van der Waals surface area contributed by atoms with Crippen molar-refractivity contribution in [1.82, 2.24) is 9.80 Å². The van der Waals surface area contributed by atoms with E-state index in [1.165, 1.54) is 4.90 Å². The Bertz CT molecular complexity index is 1470. The highest BCUT2D eigenvalue weighted by Crippen LogP contribution is 2.59. The van der Waals surface area contributed by atoms with Crippen LogP contribution in [0.2, 0.25) is 5.02 Å². The first-order valence-corrected chi connectivity index (χ1v) is 15.5. The number of hydrogen-bond acceptors (Lipinski definition) is 5. The highest BCUT2D eigenvalue weighted by atomic mass is 35.5. The number of hydrogen-bond donors (Lipinski definition) is 1. The van der Waals surface area contributed by atoms with E-state index in [1.54, 1.807) is 15.9 Å². The zero-order valence-electron chi connectivity index (χ0n) is 24.8. The van der Waals surface area contributed by atoms with Gasteiger partial charge in [-0.2, -0.15) is 0 Å². The Balaban J connectivity index is 1.50. The van der Waals surface area contributed by atoms with Gasteiger partial charge in [-0.25, -0.2) is 0 Å². The molecule has 4 aliphatic rings. The first-order valence-electron chi connectivity index (χ1n) is 15.1. The molecule has 2 fully saturated rings. The summed E-state index contributed by atoms with van der Waals surface area (Å²) in [7, 11) is 0. The average molecular weight is 604 g/mol. The van der Waals surface area contributed by atoms with Crippen molar-refractivity contribution in [3.05, 3.63) is 89.0 Å². The molecule has 0 aliphatic carbocycles. The molecule has 9 heteroatoms. The lowest BCUT2D eigenvalue weighted by Gasteiger charge is -2.40. The van der Waals surface area contributed by atoms with Crippen LogP contribution in [0.3, 0.4) is 0 Å². The molecule has 226 valence electrons. The largest absolute Gasteiger partial charge is 0.394 e. The van der Waals surface area contributed by atoms with Crippen LogP contribution in [-0.2, 0) is 25.7 Å². The van der Waals surface area contributed by atoms with Gasteiger partial charge in [0.2, 0.25) is 11.8 Å². The smallest absolute Gasteiger partial charge is 0.253 e. The predicted octanol–water partition coefficient (Wildman–Crippen LogP) is 4.28. The van der Waals surface area contributed by atoms with Crippen LogP contribution < -0.4 is 4.90 Å². The molecule has 0 aromatic heterocycles. The van der Waals surface area contributed by atoms with Gasteiger partial charge in [-0.3, -0.25) is 14.4 Å². The maximum absolute atomic E-state index is 14.8. The highest BCUT2D eigenvalue weighted by Gasteiger charge is 2.76. The number of anilines is 1. The van der Waals surface area contributed by atoms with Gasteiger partial charge >= 0.3 is 0 Å². The lowest BCUT2D eigenvalue weighted by molar-refractivity contribution is -0.153. The number of carbonyl (C=O) groups excluding carboxylic acids is 3. The van der Waals surface area contributed by atoms with E-state index in [2.05, 4.69) is 0 Å². The van der Waals surface area contributed by atoms with Crippen LogP contribution in [-0.4, -0.2) is 75.6 Å². The number of benzene rings is 2. The van der Waals surface area contributed by atoms with Gasteiger partial charge in [0.25, 0.3) is 5.91 Å². The summed E-state index contributed by atoms with van der Waals surface area (Å²) in [5.74, 6) is -2.65. The summed E-state index contributed by atoms with van der Waals surface area (Å²) in [5.41, 5.74) is -0.0957. The van der Waals surface area contributed by atoms with Crippen molar-refractivity contribution in [3.8, 4) is 0 Å². The number of fused-ring (bicyclic) bond motifs is 2. The molecule has 2 aromatic carbocycles. The minimum Gasteiger partial charge on any atom is -0.394 e. The molecular weight excluding hydrogens is 566 g/mol. The van der Waals surface area contributed by atoms with Crippen molar-refractivity contribution >= 4 is 35.0 Å². The molecule has 1 spiro atoms. The second-order valence-corrected chi connectivity index (χ2v) is 12.4. The Morgan fingerprint density at radius 2 is 1.70 bits per heavy atom. The normalized spacial score (nSPS) is 30.7. The summed E-state index contributed by atoms with van der Waals surface area (Å²) < 4.78 is 7.06. The summed E-state index contributed by atoms with van der Waals surface area (Å²) in [6, 6.07) is 13.5. The molecule has 3 amide bonds. The van der Waals surface area contributed by atoms with Gasteiger partial charge in [0.15, 0.2) is 0 Å². The number of aliphatic hydroxyl groups is 1. The van der Waals surface area contributed by atoms with Crippen molar-refractivity contribution in [1.29, 1.82) is 0 Å². The molecule has 2 aromatic rings. The third-order valence-corrected chi connectivity index (χ3v) is 10.0. The number of para-hydroxylation sites is 1. The van der Waals surface area contributed by atoms with E-state index in [-0.39, 0.29) is 30.9 Å². The van der Waals surface area contributed by atoms with E-state index in [0.29, 0.717) is 36.6 Å². The minimum atomic E-state index is -1.41.